The highest BCUT2D eigenvalue weighted by Crippen LogP contribution is 2.43. The van der Waals surface area contributed by atoms with Crippen LogP contribution in [0.15, 0.2) is 60.8 Å². The number of aliphatic hydroxyl groups excluding tert-OH is 1. The Morgan fingerprint density at radius 2 is 0.730 bits per heavy atom. The highest BCUT2D eigenvalue weighted by molar-refractivity contribution is 7.47. The molecule has 0 aromatic rings. The van der Waals surface area contributed by atoms with Gasteiger partial charge in [0.15, 0.2) is 6.10 Å². The molecule has 0 bridgehead atoms. The number of hydrogen-bond donors (Lipinski definition) is 2. The molecule has 0 spiro atoms. The van der Waals surface area contributed by atoms with Crippen LogP contribution in [0, 0.1) is 0 Å². The predicted octanol–water partition coefficient (Wildman–Crippen LogP) is 17.9. The number of unbranched alkanes of at least 4 members (excludes halogenated alkanes) is 29. The summed E-state index contributed by atoms with van der Waals surface area (Å²) in [7, 11) is -4.77. The fraction of sp³-hybridized carbons (Fsp3) is 0.790. The van der Waals surface area contributed by atoms with E-state index in [0.717, 1.165) is 77.0 Å². The van der Waals surface area contributed by atoms with Crippen molar-refractivity contribution in [1.29, 1.82) is 0 Å². The molecule has 0 saturated heterocycles. The Kier molecular flexibility index (Phi) is 54.2. The molecule has 0 fully saturated rings. The summed E-state index contributed by atoms with van der Waals surface area (Å²) in [5.74, 6) is -1.54. The summed E-state index contributed by atoms with van der Waals surface area (Å²) in [6, 6.07) is 0. The van der Waals surface area contributed by atoms with Crippen LogP contribution in [0.1, 0.15) is 278 Å². The summed E-state index contributed by atoms with van der Waals surface area (Å²) in [6.07, 6.45) is 62.0. The van der Waals surface area contributed by atoms with Crippen molar-refractivity contribution in [2.75, 3.05) is 26.4 Å². The molecule has 0 radical (unpaired) electrons. The Morgan fingerprint density at radius 1 is 0.392 bits per heavy atom. The van der Waals surface area contributed by atoms with Gasteiger partial charge in [-0.3, -0.25) is 23.4 Å². The molecule has 0 aromatic heterocycles. The minimum absolute atomic E-state index is 0.0563. The van der Waals surface area contributed by atoms with Crippen LogP contribution >= 0.6 is 7.82 Å². The third-order valence-corrected chi connectivity index (χ3v) is 13.9. The number of hydrogen-bond acceptors (Lipinski definition) is 10. The lowest BCUT2D eigenvalue weighted by Gasteiger charge is -2.21. The second kappa shape index (κ2) is 56.4. The van der Waals surface area contributed by atoms with E-state index in [-0.39, 0.29) is 25.9 Å². The molecular formula is C62H111O11P. The molecule has 0 heterocycles. The predicted molar refractivity (Wildman–Crippen MR) is 307 cm³/mol. The molecule has 0 saturated carbocycles. The monoisotopic (exact) mass is 1060 g/mol. The average molecular weight is 1060 g/mol. The number of ether oxygens (including phenoxy) is 3. The second-order valence-corrected chi connectivity index (χ2v) is 21.6. The van der Waals surface area contributed by atoms with Crippen LogP contribution in [0.4, 0.5) is 0 Å². The molecular weight excluding hydrogens is 952 g/mol. The van der Waals surface area contributed by atoms with Crippen molar-refractivity contribution in [3.05, 3.63) is 60.8 Å². The van der Waals surface area contributed by atoms with E-state index < -0.39 is 57.8 Å². The Labute approximate surface area is 453 Å². The van der Waals surface area contributed by atoms with Crippen LogP contribution in [0.5, 0.6) is 0 Å². The van der Waals surface area contributed by atoms with Crippen molar-refractivity contribution in [1.82, 2.24) is 0 Å². The van der Waals surface area contributed by atoms with Crippen LogP contribution < -0.4 is 0 Å². The SMILES string of the molecule is CC/C=C\C/C=C\C/C=C\C/C=C\CCC(=O)OC(CO)COP(=O)(O)OCC(COC(=O)CCCCCCCCCCCCCCCCCCC)OC(=O)CCCCCCCCC/C=C\CCCCCCCC. The maximum Gasteiger partial charge on any atom is 0.472 e. The van der Waals surface area contributed by atoms with Crippen LogP contribution in [0.3, 0.4) is 0 Å². The molecule has 430 valence electrons. The minimum atomic E-state index is -4.77. The van der Waals surface area contributed by atoms with Gasteiger partial charge in [-0.05, 0) is 70.6 Å². The summed E-state index contributed by atoms with van der Waals surface area (Å²) in [6.45, 7) is 4.48. The first-order chi connectivity index (χ1) is 36.2. The van der Waals surface area contributed by atoms with Crippen molar-refractivity contribution in [3.8, 4) is 0 Å². The Bertz CT molecular complexity index is 1470. The first kappa shape index (κ1) is 71.2. The molecule has 3 unspecified atom stereocenters. The summed E-state index contributed by atoms with van der Waals surface area (Å²) in [5, 5.41) is 9.80. The number of rotatable bonds is 56. The van der Waals surface area contributed by atoms with Gasteiger partial charge in [0, 0.05) is 19.3 Å². The Hall–Kier alpha value is -2.82. The maximum atomic E-state index is 12.9. The molecule has 0 amide bonds. The molecule has 0 aliphatic rings. The maximum absolute atomic E-state index is 12.9. The molecule has 3 atom stereocenters. The highest BCUT2D eigenvalue weighted by atomic mass is 31.2. The van der Waals surface area contributed by atoms with Gasteiger partial charge in [0.1, 0.15) is 12.7 Å². The van der Waals surface area contributed by atoms with Gasteiger partial charge in [0.2, 0.25) is 0 Å². The molecule has 0 rings (SSSR count). The third kappa shape index (κ3) is 54.0. The van der Waals surface area contributed by atoms with Gasteiger partial charge in [-0.25, -0.2) is 4.57 Å². The summed E-state index contributed by atoms with van der Waals surface area (Å²) >= 11 is 0. The van der Waals surface area contributed by atoms with Crippen molar-refractivity contribution in [2.24, 2.45) is 0 Å². The lowest BCUT2D eigenvalue weighted by Crippen LogP contribution is -2.30. The van der Waals surface area contributed by atoms with Crippen LogP contribution in [-0.4, -0.2) is 66.5 Å². The number of esters is 3. The molecule has 2 N–H and O–H groups in total. The van der Waals surface area contributed by atoms with Crippen LogP contribution in [0.2, 0.25) is 0 Å². The topological polar surface area (TPSA) is 155 Å². The van der Waals surface area contributed by atoms with Gasteiger partial charge < -0.3 is 24.2 Å². The zero-order valence-electron chi connectivity index (χ0n) is 47.6. The fourth-order valence-corrected chi connectivity index (χ4v) is 9.15. The second-order valence-electron chi connectivity index (χ2n) is 20.1. The fourth-order valence-electron chi connectivity index (χ4n) is 8.37. The zero-order chi connectivity index (χ0) is 54.1. The molecule has 0 aromatic carbocycles. The average Bonchev–Trinajstić information content (AvgIpc) is 3.39. The van der Waals surface area contributed by atoms with Gasteiger partial charge in [-0.2, -0.15) is 0 Å². The van der Waals surface area contributed by atoms with Crippen molar-refractivity contribution < 1.29 is 52.2 Å². The van der Waals surface area contributed by atoms with Gasteiger partial charge in [0.05, 0.1) is 19.8 Å². The zero-order valence-corrected chi connectivity index (χ0v) is 48.5. The van der Waals surface area contributed by atoms with Crippen molar-refractivity contribution in [3.63, 3.8) is 0 Å². The van der Waals surface area contributed by atoms with Gasteiger partial charge in [0.25, 0.3) is 0 Å². The smallest absolute Gasteiger partial charge is 0.462 e. The Morgan fingerprint density at radius 3 is 1.16 bits per heavy atom. The highest BCUT2D eigenvalue weighted by Gasteiger charge is 2.28. The van der Waals surface area contributed by atoms with E-state index in [4.69, 9.17) is 23.3 Å². The lowest BCUT2D eigenvalue weighted by molar-refractivity contribution is -0.161. The molecule has 0 aliphatic carbocycles. The van der Waals surface area contributed by atoms with E-state index >= 15 is 0 Å². The number of carbonyl (C=O) groups excluding carboxylic acids is 3. The number of aliphatic hydroxyl groups is 1. The van der Waals surface area contributed by atoms with Gasteiger partial charge in [-0.1, -0.05) is 248 Å². The number of phosphoric acid groups is 1. The largest absolute Gasteiger partial charge is 0.472 e. The first-order valence-electron chi connectivity index (χ1n) is 30.2. The molecule has 74 heavy (non-hydrogen) atoms. The van der Waals surface area contributed by atoms with Gasteiger partial charge >= 0.3 is 25.7 Å². The van der Waals surface area contributed by atoms with E-state index in [1.807, 2.05) is 12.2 Å². The van der Waals surface area contributed by atoms with E-state index in [9.17, 15) is 28.9 Å². The van der Waals surface area contributed by atoms with Crippen molar-refractivity contribution in [2.45, 2.75) is 290 Å². The summed E-state index contributed by atoms with van der Waals surface area (Å²) in [4.78, 5) is 48.5. The standard InChI is InChI=1S/C62H111O11P/c1-4-7-10-13-16-19-22-25-27-29-31-34-36-39-42-45-48-51-60(64)69-55-59(73-62(66)53-50-47-44-41-38-35-32-30-28-26-23-20-17-14-11-8-5-2)57-71-74(67,68)70-56-58(54-63)72-61(65)52-49-46-43-40-37-33-24-21-18-15-12-9-6-3/h9,12,18,21,26,28,33,37,43,46,58-59,63H,4-8,10-11,13-17,19-20,22-25,27,29-32,34-36,38-42,44-45,47-57H2,1-3H3,(H,67,68)/b12-9-,21-18-,28-26-,37-33-,46-43-. The quantitative estimate of drug-likeness (QED) is 0.0197. The van der Waals surface area contributed by atoms with E-state index in [0.29, 0.717) is 19.3 Å². The summed E-state index contributed by atoms with van der Waals surface area (Å²) < 4.78 is 39.5. The Balaban J connectivity index is 4.75. The summed E-state index contributed by atoms with van der Waals surface area (Å²) in [5.41, 5.74) is 0. The van der Waals surface area contributed by atoms with Gasteiger partial charge in [-0.15, -0.1) is 0 Å². The van der Waals surface area contributed by atoms with Crippen LogP contribution in [-0.2, 0) is 42.2 Å². The number of carbonyl (C=O) groups is 3. The third-order valence-electron chi connectivity index (χ3n) is 12.9. The lowest BCUT2D eigenvalue weighted by atomic mass is 10.0. The van der Waals surface area contributed by atoms with Crippen LogP contribution in [0.25, 0.3) is 0 Å². The van der Waals surface area contributed by atoms with Crippen molar-refractivity contribution >= 4 is 25.7 Å². The van der Waals surface area contributed by atoms with E-state index in [2.05, 4.69) is 69.4 Å². The first-order valence-corrected chi connectivity index (χ1v) is 31.7. The number of allylic oxidation sites excluding steroid dienone is 10. The van der Waals surface area contributed by atoms with E-state index in [1.165, 1.54) is 141 Å². The molecule has 0 aliphatic heterocycles. The minimum Gasteiger partial charge on any atom is -0.462 e. The number of phosphoric ester groups is 1. The van der Waals surface area contributed by atoms with E-state index in [1.54, 1.807) is 0 Å². The molecule has 12 heteroatoms. The normalized spacial score (nSPS) is 13.7. The molecule has 11 nitrogen and oxygen atoms in total.